The zero-order valence-electron chi connectivity index (χ0n) is 9.90. The van der Waals surface area contributed by atoms with Crippen molar-refractivity contribution in [2.75, 3.05) is 0 Å². The van der Waals surface area contributed by atoms with Crippen LogP contribution >= 0.6 is 0 Å². The molecule has 1 heterocycles. The molecule has 5 nitrogen and oxygen atoms in total. The second-order valence-electron chi connectivity index (χ2n) is 3.96. The molecule has 0 spiro atoms. The number of aliphatic hydroxyl groups excluding tert-OH is 2. The maximum absolute atomic E-state index is 10.0. The fraction of sp³-hybridized carbons (Fsp3) is 0.727. The smallest absolute Gasteiger partial charge is 0.113 e. The Morgan fingerprint density at radius 2 is 2.12 bits per heavy atom. The molecule has 0 amide bonds. The van der Waals surface area contributed by atoms with Gasteiger partial charge in [-0.2, -0.15) is 0 Å². The molecule has 5 heteroatoms. The summed E-state index contributed by atoms with van der Waals surface area (Å²) in [4.78, 5) is 7.24. The van der Waals surface area contributed by atoms with Crippen molar-refractivity contribution in [2.24, 2.45) is 5.73 Å². The first-order valence-electron chi connectivity index (χ1n) is 5.76. The summed E-state index contributed by atoms with van der Waals surface area (Å²) in [5, 5.41) is 19.2. The standard InChI is InChI=1S/C11H21N3O2/c1-3-5-7(12)11(16)10-8(6-15)13-9(4-2)14-10/h7,11,15-16H,3-6,12H2,1-2H3,(H,13,14). The van der Waals surface area contributed by atoms with Crippen LogP contribution in [0.25, 0.3) is 0 Å². The normalized spacial score (nSPS) is 15.1. The number of nitrogens with one attached hydrogen (secondary N) is 1. The molecule has 0 radical (unpaired) electrons. The second-order valence-corrected chi connectivity index (χ2v) is 3.96. The van der Waals surface area contributed by atoms with Gasteiger partial charge in [0.1, 0.15) is 11.9 Å². The minimum Gasteiger partial charge on any atom is -0.390 e. The molecular weight excluding hydrogens is 206 g/mol. The van der Waals surface area contributed by atoms with Crippen LogP contribution in [0.15, 0.2) is 0 Å². The molecule has 2 atom stereocenters. The van der Waals surface area contributed by atoms with Gasteiger partial charge in [-0.15, -0.1) is 0 Å². The summed E-state index contributed by atoms with van der Waals surface area (Å²) < 4.78 is 0. The maximum atomic E-state index is 10.0. The third-order valence-electron chi connectivity index (χ3n) is 2.66. The van der Waals surface area contributed by atoms with Gasteiger partial charge in [-0.05, 0) is 6.42 Å². The molecule has 92 valence electrons. The number of rotatable bonds is 6. The number of aromatic amines is 1. The second kappa shape index (κ2) is 5.98. The van der Waals surface area contributed by atoms with Crippen LogP contribution in [0.2, 0.25) is 0 Å². The highest BCUT2D eigenvalue weighted by molar-refractivity contribution is 5.18. The molecule has 2 unspecified atom stereocenters. The van der Waals surface area contributed by atoms with Gasteiger partial charge in [0.05, 0.1) is 18.0 Å². The number of hydrogen-bond donors (Lipinski definition) is 4. The Hall–Kier alpha value is -0.910. The summed E-state index contributed by atoms with van der Waals surface area (Å²) in [7, 11) is 0. The molecule has 1 rings (SSSR count). The van der Waals surface area contributed by atoms with E-state index >= 15 is 0 Å². The highest BCUT2D eigenvalue weighted by Crippen LogP contribution is 2.20. The van der Waals surface area contributed by atoms with Crippen LogP contribution in [0, 0.1) is 0 Å². The summed E-state index contributed by atoms with van der Waals surface area (Å²) in [6.07, 6.45) is 1.58. The Balaban J connectivity index is 2.88. The van der Waals surface area contributed by atoms with Gasteiger partial charge in [0.2, 0.25) is 0 Å². The fourth-order valence-corrected chi connectivity index (χ4v) is 1.71. The average molecular weight is 227 g/mol. The van der Waals surface area contributed by atoms with Crippen LogP contribution in [0.3, 0.4) is 0 Å². The van der Waals surface area contributed by atoms with Crippen molar-refractivity contribution in [1.82, 2.24) is 9.97 Å². The number of hydrogen-bond acceptors (Lipinski definition) is 4. The molecule has 0 aromatic carbocycles. The van der Waals surface area contributed by atoms with Crippen molar-refractivity contribution in [2.45, 2.75) is 51.9 Å². The molecule has 0 bridgehead atoms. The lowest BCUT2D eigenvalue weighted by atomic mass is 10.0. The highest BCUT2D eigenvalue weighted by atomic mass is 16.3. The number of nitrogens with two attached hydrogens (primary N) is 1. The van der Waals surface area contributed by atoms with E-state index in [1.807, 2.05) is 13.8 Å². The van der Waals surface area contributed by atoms with E-state index in [1.54, 1.807) is 0 Å². The molecule has 0 aliphatic rings. The van der Waals surface area contributed by atoms with E-state index in [9.17, 15) is 5.11 Å². The van der Waals surface area contributed by atoms with Gasteiger partial charge in [-0.1, -0.05) is 20.3 Å². The lowest BCUT2D eigenvalue weighted by Gasteiger charge is -2.17. The van der Waals surface area contributed by atoms with Crippen LogP contribution in [0.4, 0.5) is 0 Å². The van der Waals surface area contributed by atoms with Gasteiger partial charge < -0.3 is 20.9 Å². The maximum Gasteiger partial charge on any atom is 0.113 e. The fourth-order valence-electron chi connectivity index (χ4n) is 1.71. The van der Waals surface area contributed by atoms with Crippen molar-refractivity contribution in [1.29, 1.82) is 0 Å². The molecule has 0 aliphatic heterocycles. The van der Waals surface area contributed by atoms with Crippen LogP contribution in [-0.2, 0) is 13.0 Å². The molecule has 5 N–H and O–H groups in total. The Morgan fingerprint density at radius 1 is 1.44 bits per heavy atom. The number of aromatic nitrogens is 2. The molecule has 0 saturated heterocycles. The average Bonchev–Trinajstić information content (AvgIpc) is 2.71. The first kappa shape index (κ1) is 13.2. The Bertz CT molecular complexity index is 325. The first-order chi connectivity index (χ1) is 7.63. The number of H-pyrrole nitrogens is 1. The van der Waals surface area contributed by atoms with Gasteiger partial charge in [0.15, 0.2) is 0 Å². The summed E-state index contributed by atoms with van der Waals surface area (Å²) in [6, 6.07) is -0.330. The van der Waals surface area contributed by atoms with E-state index < -0.39 is 6.10 Å². The van der Waals surface area contributed by atoms with Crippen molar-refractivity contribution in [3.8, 4) is 0 Å². The van der Waals surface area contributed by atoms with Crippen molar-refractivity contribution >= 4 is 0 Å². The van der Waals surface area contributed by atoms with Crippen molar-refractivity contribution < 1.29 is 10.2 Å². The van der Waals surface area contributed by atoms with E-state index in [1.165, 1.54) is 0 Å². The van der Waals surface area contributed by atoms with Gasteiger partial charge in [-0.25, -0.2) is 4.98 Å². The van der Waals surface area contributed by atoms with E-state index in [-0.39, 0.29) is 12.6 Å². The molecule has 1 aromatic rings. The third-order valence-corrected chi connectivity index (χ3v) is 2.66. The third kappa shape index (κ3) is 2.81. The van der Waals surface area contributed by atoms with E-state index in [4.69, 9.17) is 10.8 Å². The number of imidazole rings is 1. The van der Waals surface area contributed by atoms with Gasteiger partial charge in [0, 0.05) is 12.5 Å². The summed E-state index contributed by atoms with van der Waals surface area (Å²) in [5.74, 6) is 0.766. The molecular formula is C11H21N3O2. The molecule has 16 heavy (non-hydrogen) atoms. The predicted octanol–water partition coefficient (Wildman–Crippen LogP) is 0.625. The minimum absolute atomic E-state index is 0.155. The zero-order chi connectivity index (χ0) is 12.1. The first-order valence-corrected chi connectivity index (χ1v) is 5.76. The van der Waals surface area contributed by atoms with E-state index in [0.717, 1.165) is 25.1 Å². The number of aliphatic hydroxyl groups is 2. The largest absolute Gasteiger partial charge is 0.390 e. The van der Waals surface area contributed by atoms with Crippen LogP contribution in [-0.4, -0.2) is 26.2 Å². The minimum atomic E-state index is -0.807. The molecule has 0 saturated carbocycles. The quantitative estimate of drug-likeness (QED) is 0.573. The van der Waals surface area contributed by atoms with Gasteiger partial charge in [0.25, 0.3) is 0 Å². The molecule has 1 aromatic heterocycles. The van der Waals surface area contributed by atoms with Crippen molar-refractivity contribution in [3.05, 3.63) is 17.2 Å². The van der Waals surface area contributed by atoms with E-state index in [2.05, 4.69) is 9.97 Å². The molecule has 0 aliphatic carbocycles. The van der Waals surface area contributed by atoms with Crippen LogP contribution in [0.1, 0.15) is 50.0 Å². The Kier molecular flexibility index (Phi) is 4.92. The lowest BCUT2D eigenvalue weighted by Crippen LogP contribution is -2.29. The number of aryl methyl sites for hydroxylation is 1. The zero-order valence-corrected chi connectivity index (χ0v) is 9.90. The Labute approximate surface area is 95.7 Å². The van der Waals surface area contributed by atoms with Crippen molar-refractivity contribution in [3.63, 3.8) is 0 Å². The summed E-state index contributed by atoms with van der Waals surface area (Å²) in [6.45, 7) is 3.82. The number of nitrogens with zero attached hydrogens (tertiary/aromatic N) is 1. The predicted molar refractivity (Wildman–Crippen MR) is 61.7 cm³/mol. The lowest BCUT2D eigenvalue weighted by molar-refractivity contribution is 0.134. The molecule has 0 fully saturated rings. The SMILES string of the molecule is CCCC(N)C(O)c1nc(CC)[nH]c1CO. The van der Waals surface area contributed by atoms with E-state index in [0.29, 0.717) is 11.4 Å². The Morgan fingerprint density at radius 3 is 2.62 bits per heavy atom. The summed E-state index contributed by atoms with van der Waals surface area (Å²) in [5.41, 5.74) is 6.90. The summed E-state index contributed by atoms with van der Waals surface area (Å²) >= 11 is 0. The van der Waals surface area contributed by atoms with Crippen LogP contribution in [0.5, 0.6) is 0 Å². The van der Waals surface area contributed by atoms with Gasteiger partial charge >= 0.3 is 0 Å². The van der Waals surface area contributed by atoms with Gasteiger partial charge in [-0.3, -0.25) is 0 Å². The van der Waals surface area contributed by atoms with Crippen LogP contribution < -0.4 is 5.73 Å². The monoisotopic (exact) mass is 227 g/mol. The topological polar surface area (TPSA) is 95.2 Å². The highest BCUT2D eigenvalue weighted by Gasteiger charge is 2.22.